The second kappa shape index (κ2) is 6.02. The Morgan fingerprint density at radius 3 is 1.19 bits per heavy atom. The average molecular weight is 224 g/mol. The SMILES string of the molecule is C[C@H]([C@@H](C)N1CCCCC1)N1CCCCC1. The number of likely N-dealkylation sites (tertiary alicyclic amines) is 2. The minimum atomic E-state index is 0.749. The van der Waals surface area contributed by atoms with Crippen LogP contribution in [-0.2, 0) is 0 Å². The van der Waals surface area contributed by atoms with E-state index in [1.807, 2.05) is 0 Å². The zero-order valence-electron chi connectivity index (χ0n) is 11.1. The van der Waals surface area contributed by atoms with Gasteiger partial charge in [-0.05, 0) is 65.7 Å². The van der Waals surface area contributed by atoms with E-state index in [0.717, 1.165) is 12.1 Å². The Bertz CT molecular complexity index is 171. The van der Waals surface area contributed by atoms with Crippen LogP contribution in [0.15, 0.2) is 0 Å². The Morgan fingerprint density at radius 1 is 0.562 bits per heavy atom. The number of nitrogens with zero attached hydrogens (tertiary/aromatic N) is 2. The molecule has 2 aliphatic rings. The Balaban J connectivity index is 1.84. The summed E-state index contributed by atoms with van der Waals surface area (Å²) in [5.41, 5.74) is 0. The minimum Gasteiger partial charge on any atom is -0.299 e. The van der Waals surface area contributed by atoms with Crippen LogP contribution in [0.2, 0.25) is 0 Å². The van der Waals surface area contributed by atoms with E-state index in [2.05, 4.69) is 23.6 Å². The number of hydrogen-bond acceptors (Lipinski definition) is 2. The Hall–Kier alpha value is -0.0800. The highest BCUT2D eigenvalue weighted by Crippen LogP contribution is 2.19. The second-order valence-electron chi connectivity index (χ2n) is 5.67. The van der Waals surface area contributed by atoms with Gasteiger partial charge in [0.1, 0.15) is 0 Å². The number of hydrogen-bond donors (Lipinski definition) is 0. The van der Waals surface area contributed by atoms with Gasteiger partial charge in [-0.25, -0.2) is 0 Å². The molecule has 2 aliphatic heterocycles. The summed E-state index contributed by atoms with van der Waals surface area (Å²) in [6, 6.07) is 1.50. The molecule has 2 nitrogen and oxygen atoms in total. The molecule has 0 saturated carbocycles. The van der Waals surface area contributed by atoms with Crippen LogP contribution in [0.3, 0.4) is 0 Å². The van der Waals surface area contributed by atoms with Crippen molar-refractivity contribution in [3.63, 3.8) is 0 Å². The molecule has 0 aromatic carbocycles. The van der Waals surface area contributed by atoms with E-state index in [0.29, 0.717) is 0 Å². The molecule has 16 heavy (non-hydrogen) atoms. The van der Waals surface area contributed by atoms with E-state index < -0.39 is 0 Å². The van der Waals surface area contributed by atoms with Crippen molar-refractivity contribution in [3.8, 4) is 0 Å². The zero-order valence-corrected chi connectivity index (χ0v) is 11.1. The van der Waals surface area contributed by atoms with Gasteiger partial charge in [-0.3, -0.25) is 9.80 Å². The van der Waals surface area contributed by atoms with Crippen LogP contribution in [0.4, 0.5) is 0 Å². The molecule has 0 aliphatic carbocycles. The molecular formula is C14H28N2. The summed E-state index contributed by atoms with van der Waals surface area (Å²) in [5, 5.41) is 0. The lowest BCUT2D eigenvalue weighted by molar-refractivity contribution is 0.0709. The molecular weight excluding hydrogens is 196 g/mol. The van der Waals surface area contributed by atoms with E-state index >= 15 is 0 Å². The third kappa shape index (κ3) is 2.98. The zero-order chi connectivity index (χ0) is 11.4. The second-order valence-corrected chi connectivity index (χ2v) is 5.67. The Labute approximate surface area is 101 Å². The van der Waals surface area contributed by atoms with Crippen LogP contribution in [0.1, 0.15) is 52.4 Å². The lowest BCUT2D eigenvalue weighted by Crippen LogP contribution is -2.51. The van der Waals surface area contributed by atoms with Crippen LogP contribution >= 0.6 is 0 Å². The molecule has 2 heteroatoms. The summed E-state index contributed by atoms with van der Waals surface area (Å²) >= 11 is 0. The maximum absolute atomic E-state index is 2.71. The first-order valence-corrected chi connectivity index (χ1v) is 7.27. The highest BCUT2D eigenvalue weighted by atomic mass is 15.2. The van der Waals surface area contributed by atoms with Gasteiger partial charge in [-0.15, -0.1) is 0 Å². The minimum absolute atomic E-state index is 0.749. The van der Waals surface area contributed by atoms with Crippen LogP contribution in [0.5, 0.6) is 0 Å². The Morgan fingerprint density at radius 2 is 0.875 bits per heavy atom. The monoisotopic (exact) mass is 224 g/mol. The molecule has 0 N–H and O–H groups in total. The number of rotatable bonds is 3. The standard InChI is InChI=1S/C14H28N2/c1-13(15-9-5-3-6-10-15)14(2)16-11-7-4-8-12-16/h13-14H,3-12H2,1-2H3/t13-,14-/m1/s1. The normalized spacial score (nSPS) is 28.9. The van der Waals surface area contributed by atoms with Crippen molar-refractivity contribution in [2.45, 2.75) is 64.5 Å². The van der Waals surface area contributed by atoms with E-state index in [4.69, 9.17) is 0 Å². The van der Waals surface area contributed by atoms with E-state index in [1.165, 1.54) is 64.7 Å². The predicted octanol–water partition coefficient (Wildman–Crippen LogP) is 2.74. The quantitative estimate of drug-likeness (QED) is 0.727. The highest BCUT2D eigenvalue weighted by molar-refractivity contribution is 4.83. The predicted molar refractivity (Wildman–Crippen MR) is 69.8 cm³/mol. The fourth-order valence-corrected chi connectivity index (χ4v) is 3.26. The van der Waals surface area contributed by atoms with Crippen LogP contribution in [-0.4, -0.2) is 48.1 Å². The first-order chi connectivity index (χ1) is 7.79. The van der Waals surface area contributed by atoms with Crippen molar-refractivity contribution in [1.82, 2.24) is 9.80 Å². The van der Waals surface area contributed by atoms with Gasteiger partial charge < -0.3 is 0 Å². The van der Waals surface area contributed by atoms with Gasteiger partial charge in [-0.2, -0.15) is 0 Å². The summed E-state index contributed by atoms with van der Waals surface area (Å²) < 4.78 is 0. The molecule has 2 atom stereocenters. The van der Waals surface area contributed by atoms with Gasteiger partial charge in [0.2, 0.25) is 0 Å². The summed E-state index contributed by atoms with van der Waals surface area (Å²) in [4.78, 5) is 5.42. The van der Waals surface area contributed by atoms with Crippen molar-refractivity contribution in [1.29, 1.82) is 0 Å². The molecule has 0 aromatic heterocycles. The molecule has 0 unspecified atom stereocenters. The first-order valence-electron chi connectivity index (χ1n) is 7.27. The van der Waals surface area contributed by atoms with E-state index in [-0.39, 0.29) is 0 Å². The highest BCUT2D eigenvalue weighted by Gasteiger charge is 2.26. The lowest BCUT2D eigenvalue weighted by Gasteiger charge is -2.42. The molecule has 2 fully saturated rings. The van der Waals surface area contributed by atoms with Gasteiger partial charge >= 0.3 is 0 Å². The van der Waals surface area contributed by atoms with Crippen molar-refractivity contribution < 1.29 is 0 Å². The smallest absolute Gasteiger partial charge is 0.0220 e. The third-order valence-electron chi connectivity index (χ3n) is 4.63. The number of piperidine rings is 2. The molecule has 0 aromatic rings. The van der Waals surface area contributed by atoms with Gasteiger partial charge in [0.25, 0.3) is 0 Å². The fourth-order valence-electron chi connectivity index (χ4n) is 3.26. The fraction of sp³-hybridized carbons (Fsp3) is 1.00. The largest absolute Gasteiger partial charge is 0.299 e. The molecule has 0 spiro atoms. The van der Waals surface area contributed by atoms with Gasteiger partial charge in [0, 0.05) is 12.1 Å². The van der Waals surface area contributed by atoms with Gasteiger partial charge in [-0.1, -0.05) is 12.8 Å². The van der Waals surface area contributed by atoms with Crippen LogP contribution in [0, 0.1) is 0 Å². The molecule has 2 rings (SSSR count). The Kier molecular flexibility index (Phi) is 4.66. The molecule has 0 radical (unpaired) electrons. The van der Waals surface area contributed by atoms with Crippen molar-refractivity contribution >= 4 is 0 Å². The lowest BCUT2D eigenvalue weighted by atomic mass is 10.0. The molecule has 0 amide bonds. The summed E-state index contributed by atoms with van der Waals surface area (Å²) in [6.45, 7) is 10.2. The van der Waals surface area contributed by atoms with Crippen LogP contribution in [0.25, 0.3) is 0 Å². The van der Waals surface area contributed by atoms with E-state index in [1.54, 1.807) is 0 Å². The van der Waals surface area contributed by atoms with Crippen LogP contribution < -0.4 is 0 Å². The maximum atomic E-state index is 2.71. The maximum Gasteiger partial charge on any atom is 0.0220 e. The molecule has 2 heterocycles. The molecule has 0 bridgehead atoms. The summed E-state index contributed by atoms with van der Waals surface area (Å²) in [7, 11) is 0. The van der Waals surface area contributed by atoms with E-state index in [9.17, 15) is 0 Å². The van der Waals surface area contributed by atoms with Crippen molar-refractivity contribution in [2.75, 3.05) is 26.2 Å². The van der Waals surface area contributed by atoms with Gasteiger partial charge in [0.05, 0.1) is 0 Å². The molecule has 94 valence electrons. The topological polar surface area (TPSA) is 6.48 Å². The first kappa shape index (κ1) is 12.4. The summed E-state index contributed by atoms with van der Waals surface area (Å²) in [6.07, 6.45) is 8.55. The third-order valence-corrected chi connectivity index (χ3v) is 4.63. The molecule has 2 saturated heterocycles. The van der Waals surface area contributed by atoms with Crippen molar-refractivity contribution in [3.05, 3.63) is 0 Å². The van der Waals surface area contributed by atoms with Gasteiger partial charge in [0.15, 0.2) is 0 Å². The van der Waals surface area contributed by atoms with Crippen molar-refractivity contribution in [2.24, 2.45) is 0 Å². The summed E-state index contributed by atoms with van der Waals surface area (Å²) in [5.74, 6) is 0. The average Bonchev–Trinajstić information content (AvgIpc) is 2.39.